The number of rotatable bonds is 2. The summed E-state index contributed by atoms with van der Waals surface area (Å²) in [4.78, 5) is 9.07. The number of nitrogens with one attached hydrogen (secondary N) is 1. The van der Waals surface area contributed by atoms with Gasteiger partial charge in [0.1, 0.15) is 6.33 Å². The Kier molecular flexibility index (Phi) is 1.82. The van der Waals surface area contributed by atoms with Crippen LogP contribution in [-0.2, 0) is 0 Å². The van der Waals surface area contributed by atoms with Crippen LogP contribution in [0.1, 0.15) is 0 Å². The number of aromatic amines is 1. The van der Waals surface area contributed by atoms with Crippen LogP contribution in [0, 0.1) is 0 Å². The maximum absolute atomic E-state index is 5.09. The van der Waals surface area contributed by atoms with Gasteiger partial charge in [-0.3, -0.25) is 5.10 Å². The van der Waals surface area contributed by atoms with Gasteiger partial charge in [-0.15, -0.1) is 11.3 Å². The van der Waals surface area contributed by atoms with Crippen molar-refractivity contribution in [2.24, 2.45) is 0 Å². The molecule has 0 fully saturated rings. The number of aromatic nitrogens is 5. The molecule has 74 valence electrons. The number of thiophene rings is 1. The number of H-pyrrole nitrogens is 1. The minimum absolute atomic E-state index is 0.413. The zero-order chi connectivity index (χ0) is 10.1. The molecule has 0 saturated heterocycles. The fraction of sp³-hybridized carbons (Fsp3) is 0. The van der Waals surface area contributed by atoms with E-state index in [0.717, 1.165) is 4.88 Å². The predicted molar refractivity (Wildman–Crippen MR) is 53.0 cm³/mol. The van der Waals surface area contributed by atoms with E-state index in [4.69, 9.17) is 4.52 Å². The van der Waals surface area contributed by atoms with Gasteiger partial charge in [0.2, 0.25) is 5.82 Å². The SMILES string of the molecule is c1csc(-c2nc(-c3ncn[nH]3)no2)c1. The minimum atomic E-state index is 0.413. The third kappa shape index (κ3) is 1.42. The Morgan fingerprint density at radius 2 is 2.40 bits per heavy atom. The monoisotopic (exact) mass is 219 g/mol. The quantitative estimate of drug-likeness (QED) is 0.707. The van der Waals surface area contributed by atoms with Crippen molar-refractivity contribution >= 4 is 11.3 Å². The molecule has 3 heterocycles. The van der Waals surface area contributed by atoms with E-state index in [9.17, 15) is 0 Å². The third-order valence-electron chi connectivity index (χ3n) is 1.78. The van der Waals surface area contributed by atoms with Gasteiger partial charge in [-0.2, -0.15) is 10.1 Å². The molecule has 0 radical (unpaired) electrons. The average Bonchev–Trinajstić information content (AvgIpc) is 3.02. The first-order valence-electron chi connectivity index (χ1n) is 4.17. The molecular formula is C8H5N5OS. The molecule has 0 unspecified atom stereocenters. The van der Waals surface area contributed by atoms with Gasteiger partial charge in [0.05, 0.1) is 4.88 Å². The lowest BCUT2D eigenvalue weighted by Crippen LogP contribution is -1.82. The molecule has 0 aliphatic rings. The summed E-state index contributed by atoms with van der Waals surface area (Å²) >= 11 is 1.54. The molecule has 7 heteroatoms. The molecule has 0 aromatic carbocycles. The molecule has 1 N–H and O–H groups in total. The van der Waals surface area contributed by atoms with Gasteiger partial charge in [0.15, 0.2) is 5.82 Å². The molecule has 3 aromatic heterocycles. The van der Waals surface area contributed by atoms with E-state index in [-0.39, 0.29) is 0 Å². The Labute approximate surface area is 88.0 Å². The summed E-state index contributed by atoms with van der Waals surface area (Å²) in [5.74, 6) is 1.41. The standard InChI is InChI=1S/C8H5N5OS/c1-2-5(15-3-1)8-11-7(13-14-8)6-9-4-10-12-6/h1-4H,(H,9,10,12). The number of hydrogen-bond acceptors (Lipinski definition) is 6. The van der Waals surface area contributed by atoms with E-state index < -0.39 is 0 Å². The van der Waals surface area contributed by atoms with Crippen molar-refractivity contribution in [3.8, 4) is 22.4 Å². The summed E-state index contributed by atoms with van der Waals surface area (Å²) in [7, 11) is 0. The van der Waals surface area contributed by atoms with E-state index >= 15 is 0 Å². The highest BCUT2D eigenvalue weighted by atomic mass is 32.1. The zero-order valence-corrected chi connectivity index (χ0v) is 8.23. The van der Waals surface area contributed by atoms with Gasteiger partial charge in [-0.05, 0) is 11.4 Å². The van der Waals surface area contributed by atoms with Crippen molar-refractivity contribution in [3.63, 3.8) is 0 Å². The molecule has 0 bridgehead atoms. The van der Waals surface area contributed by atoms with Crippen LogP contribution in [0.15, 0.2) is 28.4 Å². The second-order valence-corrected chi connectivity index (χ2v) is 3.68. The molecule has 0 aliphatic heterocycles. The summed E-state index contributed by atoms with van der Waals surface area (Å²) < 4.78 is 5.09. The first-order valence-corrected chi connectivity index (χ1v) is 5.05. The normalized spacial score (nSPS) is 10.7. The number of hydrogen-bond donors (Lipinski definition) is 1. The molecule has 3 rings (SSSR count). The van der Waals surface area contributed by atoms with Crippen molar-refractivity contribution in [2.75, 3.05) is 0 Å². The van der Waals surface area contributed by atoms with Crippen molar-refractivity contribution in [1.82, 2.24) is 25.3 Å². The lowest BCUT2D eigenvalue weighted by Gasteiger charge is -1.82. The molecular weight excluding hydrogens is 214 g/mol. The second kappa shape index (κ2) is 3.28. The summed E-state index contributed by atoms with van der Waals surface area (Å²) in [6.07, 6.45) is 1.40. The van der Waals surface area contributed by atoms with E-state index in [1.54, 1.807) is 11.3 Å². The molecule has 3 aromatic rings. The molecule has 0 aliphatic carbocycles. The van der Waals surface area contributed by atoms with E-state index in [1.807, 2.05) is 17.5 Å². The highest BCUT2D eigenvalue weighted by Crippen LogP contribution is 2.24. The fourth-order valence-electron chi connectivity index (χ4n) is 1.13. The van der Waals surface area contributed by atoms with Gasteiger partial charge in [-0.1, -0.05) is 11.2 Å². The maximum Gasteiger partial charge on any atom is 0.268 e. The molecule has 0 saturated carbocycles. The van der Waals surface area contributed by atoms with Crippen LogP contribution in [0.5, 0.6) is 0 Å². The third-order valence-corrected chi connectivity index (χ3v) is 2.64. The van der Waals surface area contributed by atoms with Crippen LogP contribution in [-0.4, -0.2) is 25.3 Å². The first kappa shape index (κ1) is 8.30. The first-order chi connectivity index (χ1) is 7.43. The Hall–Kier alpha value is -2.02. The summed E-state index contributed by atoms with van der Waals surface area (Å²) in [6, 6.07) is 3.85. The topological polar surface area (TPSA) is 80.5 Å². The lowest BCUT2D eigenvalue weighted by atomic mass is 10.5. The van der Waals surface area contributed by atoms with Crippen molar-refractivity contribution in [3.05, 3.63) is 23.8 Å². The smallest absolute Gasteiger partial charge is 0.268 e. The number of nitrogens with zero attached hydrogens (tertiary/aromatic N) is 4. The molecule has 0 atom stereocenters. The van der Waals surface area contributed by atoms with Crippen molar-refractivity contribution in [2.45, 2.75) is 0 Å². The van der Waals surface area contributed by atoms with E-state index in [1.165, 1.54) is 6.33 Å². The van der Waals surface area contributed by atoms with Crippen LogP contribution in [0.4, 0.5) is 0 Å². The van der Waals surface area contributed by atoms with Gasteiger partial charge in [0.25, 0.3) is 5.89 Å². The van der Waals surface area contributed by atoms with E-state index in [2.05, 4.69) is 25.3 Å². The summed E-state index contributed by atoms with van der Waals surface area (Å²) in [6.45, 7) is 0. The van der Waals surface area contributed by atoms with Crippen LogP contribution in [0.25, 0.3) is 22.4 Å². The largest absolute Gasteiger partial charge is 0.333 e. The van der Waals surface area contributed by atoms with Crippen LogP contribution < -0.4 is 0 Å². The lowest BCUT2D eigenvalue weighted by molar-refractivity contribution is 0.433. The van der Waals surface area contributed by atoms with Gasteiger partial charge >= 0.3 is 0 Å². The molecule has 0 amide bonds. The van der Waals surface area contributed by atoms with Crippen LogP contribution in [0.2, 0.25) is 0 Å². The summed E-state index contributed by atoms with van der Waals surface area (Å²) in [5.41, 5.74) is 0. The van der Waals surface area contributed by atoms with Gasteiger partial charge < -0.3 is 4.52 Å². The van der Waals surface area contributed by atoms with Gasteiger partial charge in [-0.25, -0.2) is 4.98 Å². The Morgan fingerprint density at radius 1 is 1.40 bits per heavy atom. The highest BCUT2D eigenvalue weighted by Gasteiger charge is 2.12. The van der Waals surface area contributed by atoms with Crippen LogP contribution in [0.3, 0.4) is 0 Å². The minimum Gasteiger partial charge on any atom is -0.333 e. The fourth-order valence-corrected chi connectivity index (χ4v) is 1.78. The molecule has 0 spiro atoms. The summed E-state index contributed by atoms with van der Waals surface area (Å²) in [5, 5.41) is 12.1. The zero-order valence-electron chi connectivity index (χ0n) is 7.41. The van der Waals surface area contributed by atoms with Crippen molar-refractivity contribution < 1.29 is 4.52 Å². The average molecular weight is 219 g/mol. The predicted octanol–water partition coefficient (Wildman–Crippen LogP) is 1.58. The molecule has 15 heavy (non-hydrogen) atoms. The van der Waals surface area contributed by atoms with Gasteiger partial charge in [0, 0.05) is 0 Å². The Balaban J connectivity index is 2.02. The second-order valence-electron chi connectivity index (χ2n) is 2.73. The van der Waals surface area contributed by atoms with Crippen molar-refractivity contribution in [1.29, 1.82) is 0 Å². The Morgan fingerprint density at radius 3 is 3.13 bits per heavy atom. The van der Waals surface area contributed by atoms with Crippen LogP contribution >= 0.6 is 11.3 Å². The maximum atomic E-state index is 5.09. The Bertz CT molecular complexity index is 493. The highest BCUT2D eigenvalue weighted by molar-refractivity contribution is 7.13. The van der Waals surface area contributed by atoms with E-state index in [0.29, 0.717) is 17.5 Å². The molecule has 6 nitrogen and oxygen atoms in total.